The van der Waals surface area contributed by atoms with E-state index in [1.807, 2.05) is 30.0 Å². The molecule has 0 bridgehead atoms. The lowest BCUT2D eigenvalue weighted by molar-refractivity contribution is 0.322. The number of benzene rings is 1. The summed E-state index contributed by atoms with van der Waals surface area (Å²) in [5.41, 5.74) is 2.63. The van der Waals surface area contributed by atoms with Crippen molar-refractivity contribution in [3.05, 3.63) is 29.6 Å². The Morgan fingerprint density at radius 2 is 2.30 bits per heavy atom. The maximum absolute atomic E-state index is 9.08. The highest BCUT2D eigenvalue weighted by Crippen LogP contribution is 2.44. The highest BCUT2D eigenvalue weighted by Gasteiger charge is 2.37. The molecule has 0 N–H and O–H groups in total. The van der Waals surface area contributed by atoms with E-state index in [0.717, 1.165) is 23.4 Å². The number of thioether (sulfide) groups is 1. The van der Waals surface area contributed by atoms with Gasteiger partial charge in [0, 0.05) is 11.3 Å². The molecule has 1 aromatic heterocycles. The first kappa shape index (κ1) is 13.8. The van der Waals surface area contributed by atoms with E-state index in [1.54, 1.807) is 0 Å². The van der Waals surface area contributed by atoms with Crippen molar-refractivity contribution in [3.63, 3.8) is 0 Å². The van der Waals surface area contributed by atoms with Crippen molar-refractivity contribution in [2.75, 3.05) is 6.26 Å². The normalized spacial score (nSPS) is 16.9. The lowest BCUT2D eigenvalue weighted by Gasteiger charge is -2.41. The van der Waals surface area contributed by atoms with Gasteiger partial charge in [-0.3, -0.25) is 0 Å². The van der Waals surface area contributed by atoms with Gasteiger partial charge < -0.3 is 4.57 Å². The lowest BCUT2D eigenvalue weighted by atomic mass is 9.84. The van der Waals surface area contributed by atoms with Crippen LogP contribution in [-0.4, -0.2) is 20.6 Å². The second kappa shape index (κ2) is 5.31. The quantitative estimate of drug-likeness (QED) is 0.804. The third-order valence-corrected chi connectivity index (χ3v) is 5.86. The van der Waals surface area contributed by atoms with Gasteiger partial charge in [-0.1, -0.05) is 6.42 Å². The maximum atomic E-state index is 9.08. The SMILES string of the molecule is CSC1(Cn2c(CCl)nc3ccc(C#N)cc32)CCC1. The number of nitrogens with zero attached hydrogens (tertiary/aromatic N) is 3. The van der Waals surface area contributed by atoms with Crippen LogP contribution in [0.15, 0.2) is 18.2 Å². The van der Waals surface area contributed by atoms with E-state index in [0.29, 0.717) is 16.2 Å². The number of fused-ring (bicyclic) bond motifs is 1. The molecule has 1 aliphatic rings. The molecule has 0 saturated heterocycles. The average molecular weight is 306 g/mol. The van der Waals surface area contributed by atoms with Gasteiger partial charge in [0.1, 0.15) is 5.82 Å². The van der Waals surface area contributed by atoms with Gasteiger partial charge >= 0.3 is 0 Å². The number of halogens is 1. The van der Waals surface area contributed by atoms with E-state index in [9.17, 15) is 0 Å². The minimum Gasteiger partial charge on any atom is -0.326 e. The Morgan fingerprint density at radius 3 is 2.85 bits per heavy atom. The van der Waals surface area contributed by atoms with Gasteiger partial charge in [-0.2, -0.15) is 17.0 Å². The molecule has 2 aromatic rings. The van der Waals surface area contributed by atoms with Crippen LogP contribution in [0.2, 0.25) is 0 Å². The first-order valence-electron chi connectivity index (χ1n) is 6.72. The van der Waals surface area contributed by atoms with Crippen molar-refractivity contribution in [1.29, 1.82) is 5.26 Å². The third kappa shape index (κ3) is 2.19. The topological polar surface area (TPSA) is 41.6 Å². The molecule has 5 heteroatoms. The van der Waals surface area contributed by atoms with Crippen LogP contribution < -0.4 is 0 Å². The molecule has 1 saturated carbocycles. The number of nitriles is 1. The van der Waals surface area contributed by atoms with Crippen molar-refractivity contribution >= 4 is 34.4 Å². The fourth-order valence-electron chi connectivity index (χ4n) is 2.81. The van der Waals surface area contributed by atoms with E-state index in [2.05, 4.69) is 21.9 Å². The molecule has 0 aliphatic heterocycles. The van der Waals surface area contributed by atoms with Gasteiger partial charge in [0.2, 0.25) is 0 Å². The summed E-state index contributed by atoms with van der Waals surface area (Å²) < 4.78 is 2.52. The first-order chi connectivity index (χ1) is 9.71. The summed E-state index contributed by atoms with van der Waals surface area (Å²) in [6.45, 7) is 0.932. The predicted molar refractivity (Wildman–Crippen MR) is 84.1 cm³/mol. The highest BCUT2D eigenvalue weighted by atomic mass is 35.5. The first-order valence-corrected chi connectivity index (χ1v) is 8.48. The summed E-state index contributed by atoms with van der Waals surface area (Å²) in [4.78, 5) is 4.60. The van der Waals surface area contributed by atoms with E-state index in [4.69, 9.17) is 16.9 Å². The minimum atomic E-state index is 0.317. The predicted octanol–water partition coefficient (Wildman–Crippen LogP) is 3.93. The van der Waals surface area contributed by atoms with Crippen LogP contribution in [0.3, 0.4) is 0 Å². The van der Waals surface area contributed by atoms with E-state index in [1.165, 1.54) is 19.3 Å². The van der Waals surface area contributed by atoms with Gasteiger partial charge in [-0.25, -0.2) is 4.98 Å². The Hall–Kier alpha value is -1.18. The zero-order valence-electron chi connectivity index (χ0n) is 11.4. The Balaban J connectivity index is 2.09. The Kier molecular flexibility index (Phi) is 3.66. The Morgan fingerprint density at radius 1 is 1.50 bits per heavy atom. The average Bonchev–Trinajstić information content (AvgIpc) is 2.79. The van der Waals surface area contributed by atoms with Gasteiger partial charge in [-0.15, -0.1) is 11.6 Å². The van der Waals surface area contributed by atoms with Crippen LogP contribution >= 0.6 is 23.4 Å². The summed E-state index contributed by atoms with van der Waals surface area (Å²) in [5.74, 6) is 1.30. The van der Waals surface area contributed by atoms with Crippen molar-refractivity contribution in [1.82, 2.24) is 9.55 Å². The van der Waals surface area contributed by atoms with Gasteiger partial charge in [0.05, 0.1) is 28.5 Å². The summed E-state index contributed by atoms with van der Waals surface area (Å²) in [6.07, 6.45) is 5.97. The maximum Gasteiger partial charge on any atom is 0.124 e. The Labute approximate surface area is 127 Å². The number of rotatable bonds is 4. The monoisotopic (exact) mass is 305 g/mol. The van der Waals surface area contributed by atoms with Crippen molar-refractivity contribution in [2.24, 2.45) is 0 Å². The fraction of sp³-hybridized carbons (Fsp3) is 0.467. The lowest BCUT2D eigenvalue weighted by Crippen LogP contribution is -2.38. The van der Waals surface area contributed by atoms with Crippen LogP contribution in [0.5, 0.6) is 0 Å². The molecule has 0 radical (unpaired) electrons. The summed E-state index contributed by atoms with van der Waals surface area (Å²) in [6, 6.07) is 7.84. The summed E-state index contributed by atoms with van der Waals surface area (Å²) >= 11 is 7.99. The second-order valence-electron chi connectivity index (χ2n) is 5.30. The molecular formula is C15H16ClN3S. The van der Waals surface area contributed by atoms with Crippen molar-refractivity contribution in [3.8, 4) is 6.07 Å². The minimum absolute atomic E-state index is 0.317. The summed E-state index contributed by atoms with van der Waals surface area (Å²) in [7, 11) is 0. The molecule has 0 amide bonds. The van der Waals surface area contributed by atoms with Crippen LogP contribution in [0, 0.1) is 11.3 Å². The molecule has 0 spiro atoms. The highest BCUT2D eigenvalue weighted by molar-refractivity contribution is 8.00. The smallest absolute Gasteiger partial charge is 0.124 e. The van der Waals surface area contributed by atoms with Crippen LogP contribution in [0.4, 0.5) is 0 Å². The standard InChI is InChI=1S/C15H16ClN3S/c1-20-15(5-2-6-15)10-19-13-7-11(9-17)3-4-12(13)18-14(19)8-16/h3-4,7H,2,5-6,8,10H2,1H3. The number of hydrogen-bond acceptors (Lipinski definition) is 3. The zero-order chi connectivity index (χ0) is 14.2. The molecule has 0 unspecified atom stereocenters. The number of aromatic nitrogens is 2. The zero-order valence-corrected chi connectivity index (χ0v) is 13.0. The number of imidazole rings is 1. The largest absolute Gasteiger partial charge is 0.326 e. The summed E-state index contributed by atoms with van der Waals surface area (Å²) in [5, 5.41) is 9.08. The number of alkyl halides is 1. The molecule has 1 aliphatic carbocycles. The Bertz CT molecular complexity index is 677. The molecule has 1 heterocycles. The molecule has 1 fully saturated rings. The van der Waals surface area contributed by atoms with Crippen LogP contribution in [0.25, 0.3) is 11.0 Å². The van der Waals surface area contributed by atoms with Gasteiger partial charge in [0.15, 0.2) is 0 Å². The number of hydrogen-bond donors (Lipinski definition) is 0. The van der Waals surface area contributed by atoms with Crippen molar-refractivity contribution in [2.45, 2.75) is 36.4 Å². The van der Waals surface area contributed by atoms with Gasteiger partial charge in [-0.05, 0) is 37.3 Å². The van der Waals surface area contributed by atoms with Crippen molar-refractivity contribution < 1.29 is 0 Å². The van der Waals surface area contributed by atoms with Crippen LogP contribution in [-0.2, 0) is 12.4 Å². The third-order valence-electron chi connectivity index (χ3n) is 4.22. The van der Waals surface area contributed by atoms with Gasteiger partial charge in [0.25, 0.3) is 0 Å². The van der Waals surface area contributed by atoms with Crippen LogP contribution in [0.1, 0.15) is 30.7 Å². The fourth-order valence-corrected chi connectivity index (χ4v) is 3.97. The molecule has 3 nitrogen and oxygen atoms in total. The molecule has 0 atom stereocenters. The molecular weight excluding hydrogens is 290 g/mol. The molecule has 1 aromatic carbocycles. The molecule has 20 heavy (non-hydrogen) atoms. The van der Waals surface area contributed by atoms with E-state index in [-0.39, 0.29) is 0 Å². The molecule has 3 rings (SSSR count). The van der Waals surface area contributed by atoms with E-state index < -0.39 is 0 Å². The van der Waals surface area contributed by atoms with E-state index >= 15 is 0 Å². The second-order valence-corrected chi connectivity index (χ2v) is 6.85. The molecule has 104 valence electrons.